The third-order valence-electron chi connectivity index (χ3n) is 5.30. The number of hydrogen-bond acceptors (Lipinski definition) is 5. The number of anilines is 1. The van der Waals surface area contributed by atoms with Gasteiger partial charge in [-0.1, -0.05) is 0 Å². The number of carbonyl (C=O) groups is 2. The Balaban J connectivity index is 1.66. The highest BCUT2D eigenvalue weighted by molar-refractivity contribution is 5.98. The van der Waals surface area contributed by atoms with Gasteiger partial charge in [-0.05, 0) is 43.3 Å². The van der Waals surface area contributed by atoms with Gasteiger partial charge in [0.1, 0.15) is 11.4 Å². The van der Waals surface area contributed by atoms with Crippen molar-refractivity contribution in [2.75, 3.05) is 37.7 Å². The first-order chi connectivity index (χ1) is 14.7. The number of hydrogen-bond donors (Lipinski definition) is 0. The van der Waals surface area contributed by atoms with Crippen LogP contribution in [-0.2, 0) is 14.3 Å². The summed E-state index contributed by atoms with van der Waals surface area (Å²) in [5.74, 6) is -2.52. The van der Waals surface area contributed by atoms with Crippen molar-refractivity contribution in [2.45, 2.75) is 18.6 Å². The van der Waals surface area contributed by atoms with Crippen LogP contribution in [0.4, 0.5) is 18.9 Å². The Morgan fingerprint density at radius 2 is 1.90 bits per heavy atom. The summed E-state index contributed by atoms with van der Waals surface area (Å²) in [6, 6.07) is 7.85. The lowest BCUT2D eigenvalue weighted by atomic mass is 9.99. The number of aryl methyl sites for hydroxylation is 1. The predicted molar refractivity (Wildman–Crippen MR) is 103 cm³/mol. The molecule has 1 aromatic carbocycles. The summed E-state index contributed by atoms with van der Waals surface area (Å²) < 4.78 is 53.0. The lowest BCUT2D eigenvalue weighted by Crippen LogP contribution is -2.66. The van der Waals surface area contributed by atoms with E-state index in [1.165, 1.54) is 17.0 Å². The fraction of sp³-hybridized carbons (Fsp3) is 0.381. The van der Waals surface area contributed by atoms with Gasteiger partial charge in [0.25, 0.3) is 5.91 Å². The minimum atomic E-state index is -4.14. The van der Waals surface area contributed by atoms with Crippen LogP contribution in [0, 0.1) is 12.7 Å². The number of benzene rings is 1. The van der Waals surface area contributed by atoms with Gasteiger partial charge >= 0.3 is 12.0 Å². The molecule has 1 unspecified atom stereocenters. The van der Waals surface area contributed by atoms with Crippen LogP contribution in [0.15, 0.2) is 42.6 Å². The molecule has 0 radical (unpaired) electrons. The molecule has 2 aliphatic heterocycles. The Morgan fingerprint density at radius 3 is 2.61 bits per heavy atom. The Morgan fingerprint density at radius 1 is 1.16 bits per heavy atom. The van der Waals surface area contributed by atoms with Crippen LogP contribution in [0.25, 0.3) is 0 Å². The molecule has 1 spiro atoms. The van der Waals surface area contributed by atoms with Gasteiger partial charge in [-0.15, -0.1) is 0 Å². The van der Waals surface area contributed by atoms with Gasteiger partial charge in [-0.3, -0.25) is 19.3 Å². The minimum absolute atomic E-state index is 0.0963. The molecule has 4 rings (SSSR count). The Labute approximate surface area is 176 Å². The van der Waals surface area contributed by atoms with E-state index in [0.29, 0.717) is 11.3 Å². The predicted octanol–water partition coefficient (Wildman–Crippen LogP) is 2.40. The van der Waals surface area contributed by atoms with Crippen molar-refractivity contribution >= 4 is 17.5 Å². The van der Waals surface area contributed by atoms with Crippen LogP contribution in [0.2, 0.25) is 0 Å². The van der Waals surface area contributed by atoms with Gasteiger partial charge in [-0.2, -0.15) is 8.78 Å². The maximum atomic E-state index is 14.6. The molecule has 1 aromatic heterocycles. The van der Waals surface area contributed by atoms with E-state index in [2.05, 4.69) is 4.98 Å². The number of nitrogens with zero attached hydrogens (tertiary/aromatic N) is 3. The van der Waals surface area contributed by atoms with Crippen molar-refractivity contribution in [3.8, 4) is 0 Å². The van der Waals surface area contributed by atoms with Gasteiger partial charge < -0.3 is 14.5 Å². The van der Waals surface area contributed by atoms with Gasteiger partial charge in [-0.25, -0.2) is 4.39 Å². The van der Waals surface area contributed by atoms with E-state index in [4.69, 9.17) is 9.47 Å². The number of aromatic nitrogens is 1. The molecule has 0 aliphatic carbocycles. The first-order valence-electron chi connectivity index (χ1n) is 9.65. The van der Waals surface area contributed by atoms with E-state index < -0.39 is 29.3 Å². The highest BCUT2D eigenvalue weighted by atomic mass is 19.3. The lowest BCUT2D eigenvalue weighted by molar-refractivity contribution is -0.293. The van der Waals surface area contributed by atoms with E-state index in [0.717, 1.165) is 17.0 Å². The number of carbonyl (C=O) groups excluding carboxylic acids is 2. The van der Waals surface area contributed by atoms with E-state index in [1.807, 2.05) is 0 Å². The number of halogens is 3. The fourth-order valence-electron chi connectivity index (χ4n) is 3.81. The van der Waals surface area contributed by atoms with E-state index in [1.54, 1.807) is 25.3 Å². The molecule has 3 heterocycles. The molecule has 2 fully saturated rings. The Bertz CT molecular complexity index is 1000. The molecule has 2 aromatic rings. The highest BCUT2D eigenvalue weighted by Gasteiger charge is 2.58. The van der Waals surface area contributed by atoms with Gasteiger partial charge in [0.05, 0.1) is 31.9 Å². The summed E-state index contributed by atoms with van der Waals surface area (Å²) in [6.45, 7) is 1.20. The van der Waals surface area contributed by atoms with E-state index in [-0.39, 0.29) is 38.5 Å². The molecular weight excluding hydrogens is 415 g/mol. The smallest absolute Gasteiger partial charge is 0.376 e. The van der Waals surface area contributed by atoms with Crippen molar-refractivity contribution in [1.29, 1.82) is 0 Å². The molecular formula is C21H20F3N3O4. The standard InChI is InChI=1S/C21H20F3N3O4/c1-14-17(3-2-8-25-14)18(28)26-9-10-30-13-20(11-26)12-27(19(29)21(23,24)31-20)16-6-4-15(22)5-7-16/h2-8H,9-13H2,1H3. The maximum Gasteiger partial charge on any atom is 0.437 e. The number of morpholine rings is 1. The average molecular weight is 435 g/mol. The molecule has 1 atom stereocenters. The van der Waals surface area contributed by atoms with Crippen LogP contribution in [0.1, 0.15) is 16.1 Å². The molecule has 10 heteroatoms. The second-order valence-electron chi connectivity index (χ2n) is 7.59. The minimum Gasteiger partial charge on any atom is -0.376 e. The van der Waals surface area contributed by atoms with Crippen LogP contribution in [0.5, 0.6) is 0 Å². The van der Waals surface area contributed by atoms with Gasteiger partial charge in [0, 0.05) is 24.1 Å². The fourth-order valence-corrected chi connectivity index (χ4v) is 3.81. The first-order valence-corrected chi connectivity index (χ1v) is 9.65. The quantitative estimate of drug-likeness (QED) is 0.725. The molecule has 2 saturated heterocycles. The van der Waals surface area contributed by atoms with E-state index in [9.17, 15) is 22.8 Å². The summed E-state index contributed by atoms with van der Waals surface area (Å²) in [4.78, 5) is 31.7. The molecule has 0 bridgehead atoms. The largest absolute Gasteiger partial charge is 0.437 e. The molecule has 0 N–H and O–H groups in total. The van der Waals surface area contributed by atoms with Gasteiger partial charge in [0.2, 0.25) is 0 Å². The third kappa shape index (κ3) is 4.13. The number of alkyl halides is 2. The molecule has 0 saturated carbocycles. The van der Waals surface area contributed by atoms with Crippen LogP contribution in [0.3, 0.4) is 0 Å². The number of rotatable bonds is 2. The SMILES string of the molecule is Cc1ncccc1C(=O)N1CCOCC2(C1)CN(c1ccc(F)cc1)C(=O)C(F)(F)O2. The normalized spacial score (nSPS) is 23.7. The summed E-state index contributed by atoms with van der Waals surface area (Å²) in [5, 5.41) is 0. The van der Waals surface area contributed by atoms with Crippen molar-refractivity contribution in [1.82, 2.24) is 9.88 Å². The zero-order valence-electron chi connectivity index (χ0n) is 16.7. The topological polar surface area (TPSA) is 72.0 Å². The van der Waals surface area contributed by atoms with Crippen LogP contribution < -0.4 is 4.90 Å². The highest BCUT2D eigenvalue weighted by Crippen LogP contribution is 2.37. The Hall–Kier alpha value is -2.98. The Kier molecular flexibility index (Phi) is 5.44. The maximum absolute atomic E-state index is 14.6. The lowest BCUT2D eigenvalue weighted by Gasteiger charge is -2.45. The molecule has 31 heavy (non-hydrogen) atoms. The second-order valence-corrected chi connectivity index (χ2v) is 7.59. The van der Waals surface area contributed by atoms with E-state index >= 15 is 0 Å². The monoisotopic (exact) mass is 435 g/mol. The number of ether oxygens (including phenoxy) is 2. The zero-order valence-corrected chi connectivity index (χ0v) is 16.7. The number of amides is 2. The van der Waals surface area contributed by atoms with Crippen molar-refractivity contribution in [2.24, 2.45) is 0 Å². The molecule has 2 amide bonds. The zero-order chi connectivity index (χ0) is 22.2. The summed E-state index contributed by atoms with van der Waals surface area (Å²) >= 11 is 0. The average Bonchev–Trinajstić information content (AvgIpc) is 2.93. The molecule has 7 nitrogen and oxygen atoms in total. The summed E-state index contributed by atoms with van der Waals surface area (Å²) in [6.07, 6.45) is -2.59. The third-order valence-corrected chi connectivity index (χ3v) is 5.30. The first kappa shape index (κ1) is 21.3. The number of pyridine rings is 1. The van der Waals surface area contributed by atoms with Gasteiger partial charge in [0.15, 0.2) is 0 Å². The van der Waals surface area contributed by atoms with Crippen molar-refractivity contribution < 1.29 is 32.2 Å². The molecule has 2 aliphatic rings. The van der Waals surface area contributed by atoms with Crippen LogP contribution in [-0.4, -0.2) is 66.3 Å². The van der Waals surface area contributed by atoms with Crippen LogP contribution >= 0.6 is 0 Å². The summed E-state index contributed by atoms with van der Waals surface area (Å²) in [7, 11) is 0. The second kappa shape index (κ2) is 7.93. The summed E-state index contributed by atoms with van der Waals surface area (Å²) in [5.41, 5.74) is -0.731. The molecule has 164 valence electrons. The van der Waals surface area contributed by atoms with Crippen molar-refractivity contribution in [3.63, 3.8) is 0 Å². The van der Waals surface area contributed by atoms with Crippen molar-refractivity contribution in [3.05, 3.63) is 59.7 Å².